The Labute approximate surface area is 162 Å². The molecule has 0 aliphatic carbocycles. The van der Waals surface area contributed by atoms with Crippen molar-refractivity contribution in [2.24, 2.45) is 0 Å². The summed E-state index contributed by atoms with van der Waals surface area (Å²) in [5.74, 6) is 0.607. The lowest BCUT2D eigenvalue weighted by Crippen LogP contribution is -2.17. The fraction of sp³-hybridized carbons (Fsp3) is 0.0909. The van der Waals surface area contributed by atoms with Crippen LogP contribution in [0.3, 0.4) is 0 Å². The number of aromatic nitrogens is 4. The molecule has 1 N–H and O–H groups in total. The van der Waals surface area contributed by atoms with Crippen LogP contribution in [0.4, 0.5) is 5.95 Å². The fourth-order valence-electron chi connectivity index (χ4n) is 2.78. The van der Waals surface area contributed by atoms with Gasteiger partial charge in [-0.05, 0) is 36.8 Å². The van der Waals surface area contributed by atoms with Gasteiger partial charge >= 0.3 is 0 Å². The number of benzene rings is 2. The van der Waals surface area contributed by atoms with Crippen LogP contribution in [0.15, 0.2) is 79.1 Å². The van der Waals surface area contributed by atoms with E-state index in [2.05, 4.69) is 20.4 Å². The zero-order valence-electron chi connectivity index (χ0n) is 15.4. The van der Waals surface area contributed by atoms with Gasteiger partial charge in [-0.2, -0.15) is 9.67 Å². The predicted molar refractivity (Wildman–Crippen MR) is 108 cm³/mol. The van der Waals surface area contributed by atoms with Crippen LogP contribution in [0, 0.1) is 6.92 Å². The standard InChI is InChI=1S/C22H19N5O/c1-16-9-11-18(12-10-16)21(28)27-22(24-14-17-6-3-2-4-7-17)25-20(26-27)19-8-5-13-23-15-19/h2-13,15H,14H2,1H3,(H,24,25,26). The van der Waals surface area contributed by atoms with Crippen LogP contribution in [0.1, 0.15) is 21.5 Å². The molecular formula is C22H19N5O. The van der Waals surface area contributed by atoms with Gasteiger partial charge in [0.05, 0.1) is 0 Å². The molecule has 0 atom stereocenters. The van der Waals surface area contributed by atoms with Crippen LogP contribution in [0.5, 0.6) is 0 Å². The largest absolute Gasteiger partial charge is 0.350 e. The van der Waals surface area contributed by atoms with Gasteiger partial charge in [-0.25, -0.2) is 0 Å². The van der Waals surface area contributed by atoms with E-state index in [4.69, 9.17) is 0 Å². The minimum atomic E-state index is -0.238. The SMILES string of the molecule is Cc1ccc(C(=O)n2nc(-c3cccnc3)nc2NCc2ccccc2)cc1. The monoisotopic (exact) mass is 369 g/mol. The highest BCUT2D eigenvalue weighted by atomic mass is 16.2. The normalized spacial score (nSPS) is 10.6. The zero-order chi connectivity index (χ0) is 19.3. The first-order chi connectivity index (χ1) is 13.7. The van der Waals surface area contributed by atoms with Crippen molar-refractivity contribution in [3.05, 3.63) is 95.8 Å². The van der Waals surface area contributed by atoms with E-state index in [1.807, 2.05) is 61.5 Å². The number of nitrogens with one attached hydrogen (secondary N) is 1. The van der Waals surface area contributed by atoms with Crippen LogP contribution >= 0.6 is 0 Å². The first-order valence-electron chi connectivity index (χ1n) is 8.97. The molecule has 0 aliphatic rings. The molecule has 0 amide bonds. The highest BCUT2D eigenvalue weighted by Gasteiger charge is 2.18. The number of nitrogens with zero attached hydrogens (tertiary/aromatic N) is 4. The molecule has 6 nitrogen and oxygen atoms in total. The Balaban J connectivity index is 1.69. The second-order valence-electron chi connectivity index (χ2n) is 6.42. The molecule has 0 spiro atoms. The fourth-order valence-corrected chi connectivity index (χ4v) is 2.78. The minimum Gasteiger partial charge on any atom is -0.350 e. The highest BCUT2D eigenvalue weighted by Crippen LogP contribution is 2.19. The third-order valence-corrected chi connectivity index (χ3v) is 4.31. The summed E-state index contributed by atoms with van der Waals surface area (Å²) in [6.45, 7) is 2.52. The molecule has 0 saturated carbocycles. The summed E-state index contributed by atoms with van der Waals surface area (Å²) in [5, 5.41) is 7.67. The molecule has 2 aromatic carbocycles. The molecule has 2 heterocycles. The molecule has 138 valence electrons. The highest BCUT2D eigenvalue weighted by molar-refractivity contribution is 5.97. The van der Waals surface area contributed by atoms with Gasteiger partial charge in [-0.1, -0.05) is 48.0 Å². The topological polar surface area (TPSA) is 72.7 Å². The van der Waals surface area contributed by atoms with E-state index in [1.54, 1.807) is 24.5 Å². The van der Waals surface area contributed by atoms with E-state index in [0.717, 1.165) is 16.7 Å². The average molecular weight is 369 g/mol. The number of carbonyl (C=O) groups excluding carboxylic acids is 1. The van der Waals surface area contributed by atoms with Gasteiger partial charge < -0.3 is 5.32 Å². The van der Waals surface area contributed by atoms with Gasteiger partial charge in [0.1, 0.15) is 0 Å². The van der Waals surface area contributed by atoms with Crippen molar-refractivity contribution in [1.82, 2.24) is 19.7 Å². The van der Waals surface area contributed by atoms with Gasteiger partial charge in [0.15, 0.2) is 5.82 Å². The second-order valence-corrected chi connectivity index (χ2v) is 6.42. The zero-order valence-corrected chi connectivity index (χ0v) is 15.4. The maximum absolute atomic E-state index is 13.0. The number of rotatable bonds is 5. The summed E-state index contributed by atoms with van der Waals surface area (Å²) in [6, 6.07) is 21.0. The molecule has 0 radical (unpaired) electrons. The lowest BCUT2D eigenvalue weighted by Gasteiger charge is -2.07. The number of anilines is 1. The lowest BCUT2D eigenvalue weighted by molar-refractivity contribution is 0.0947. The molecule has 6 heteroatoms. The Bertz CT molecular complexity index is 1070. The Hall–Kier alpha value is -3.80. The lowest BCUT2D eigenvalue weighted by atomic mass is 10.1. The number of pyridine rings is 1. The number of carbonyl (C=O) groups is 1. The smallest absolute Gasteiger partial charge is 0.281 e. The first kappa shape index (κ1) is 17.6. The maximum Gasteiger partial charge on any atom is 0.281 e. The van der Waals surface area contributed by atoms with E-state index >= 15 is 0 Å². The molecule has 0 saturated heterocycles. The molecular weight excluding hydrogens is 350 g/mol. The van der Waals surface area contributed by atoms with Crippen molar-refractivity contribution in [3.63, 3.8) is 0 Å². The van der Waals surface area contributed by atoms with E-state index in [1.165, 1.54) is 4.68 Å². The summed E-state index contributed by atoms with van der Waals surface area (Å²) in [5.41, 5.74) is 3.48. The van der Waals surface area contributed by atoms with Gasteiger partial charge in [0.25, 0.3) is 5.91 Å². The van der Waals surface area contributed by atoms with Crippen LogP contribution in [0.25, 0.3) is 11.4 Å². The van der Waals surface area contributed by atoms with Crippen LogP contribution in [-0.2, 0) is 6.54 Å². The number of aryl methyl sites for hydroxylation is 1. The summed E-state index contributed by atoms with van der Waals surface area (Å²) >= 11 is 0. The first-order valence-corrected chi connectivity index (χ1v) is 8.97. The Morgan fingerprint density at radius 1 is 1.00 bits per heavy atom. The van der Waals surface area contributed by atoms with Crippen molar-refractivity contribution in [2.45, 2.75) is 13.5 Å². The van der Waals surface area contributed by atoms with Crippen LogP contribution < -0.4 is 5.32 Å². The predicted octanol–water partition coefficient (Wildman–Crippen LogP) is 3.95. The Kier molecular flexibility index (Phi) is 4.93. The van der Waals surface area contributed by atoms with Gasteiger partial charge in [-0.15, -0.1) is 5.10 Å². The molecule has 2 aromatic heterocycles. The molecule has 0 fully saturated rings. The van der Waals surface area contributed by atoms with Crippen molar-refractivity contribution in [2.75, 3.05) is 5.32 Å². The van der Waals surface area contributed by atoms with Crippen molar-refractivity contribution in [3.8, 4) is 11.4 Å². The van der Waals surface area contributed by atoms with Gasteiger partial charge in [-0.3, -0.25) is 9.78 Å². The average Bonchev–Trinajstić information content (AvgIpc) is 3.18. The summed E-state index contributed by atoms with van der Waals surface area (Å²) in [6.07, 6.45) is 3.36. The molecule has 4 aromatic rings. The van der Waals surface area contributed by atoms with E-state index in [-0.39, 0.29) is 5.91 Å². The van der Waals surface area contributed by atoms with E-state index in [9.17, 15) is 4.79 Å². The minimum absolute atomic E-state index is 0.238. The van der Waals surface area contributed by atoms with E-state index < -0.39 is 0 Å². The van der Waals surface area contributed by atoms with Crippen molar-refractivity contribution >= 4 is 11.9 Å². The second kappa shape index (κ2) is 7.84. The molecule has 4 rings (SSSR count). The molecule has 0 bridgehead atoms. The molecule has 0 aliphatic heterocycles. The molecule has 0 unspecified atom stereocenters. The maximum atomic E-state index is 13.0. The quantitative estimate of drug-likeness (QED) is 0.577. The number of hydrogen-bond acceptors (Lipinski definition) is 5. The Morgan fingerprint density at radius 3 is 2.50 bits per heavy atom. The summed E-state index contributed by atoms with van der Waals surface area (Å²) in [7, 11) is 0. The molecule has 28 heavy (non-hydrogen) atoms. The van der Waals surface area contributed by atoms with Crippen LogP contribution in [-0.4, -0.2) is 25.7 Å². The summed E-state index contributed by atoms with van der Waals surface area (Å²) in [4.78, 5) is 21.7. The van der Waals surface area contributed by atoms with Crippen molar-refractivity contribution in [1.29, 1.82) is 0 Å². The van der Waals surface area contributed by atoms with Crippen molar-refractivity contribution < 1.29 is 4.79 Å². The van der Waals surface area contributed by atoms with Crippen LogP contribution in [0.2, 0.25) is 0 Å². The third kappa shape index (κ3) is 3.81. The number of hydrogen-bond donors (Lipinski definition) is 1. The third-order valence-electron chi connectivity index (χ3n) is 4.31. The van der Waals surface area contributed by atoms with E-state index in [0.29, 0.717) is 23.9 Å². The summed E-state index contributed by atoms with van der Waals surface area (Å²) < 4.78 is 1.32. The van der Waals surface area contributed by atoms with Gasteiger partial charge in [0.2, 0.25) is 5.95 Å². The van der Waals surface area contributed by atoms with Gasteiger partial charge in [0, 0.05) is 30.1 Å². The Morgan fingerprint density at radius 2 is 1.79 bits per heavy atom.